The zero-order valence-corrected chi connectivity index (χ0v) is 14.6. The highest BCUT2D eigenvalue weighted by Gasteiger charge is 2.07. The molecule has 0 atom stereocenters. The number of rotatable bonds is 7. The molecule has 4 heteroatoms. The first-order valence-electron chi connectivity index (χ1n) is 8.57. The van der Waals surface area contributed by atoms with Gasteiger partial charge in [-0.3, -0.25) is 9.89 Å². The molecule has 0 aliphatic heterocycles. The molecule has 0 spiro atoms. The quantitative estimate of drug-likeness (QED) is 0.481. The third-order valence-corrected chi connectivity index (χ3v) is 4.10. The van der Waals surface area contributed by atoms with Crippen LogP contribution in [0, 0.1) is 0 Å². The number of benzene rings is 2. The largest absolute Gasteiger partial charge is 0.494 e. The lowest BCUT2D eigenvalue weighted by Gasteiger charge is -2.05. The summed E-state index contributed by atoms with van der Waals surface area (Å²) in [7, 11) is 0. The Bertz CT molecular complexity index is 833. The second-order valence-electron chi connectivity index (χ2n) is 6.03. The Morgan fingerprint density at radius 1 is 1.04 bits per heavy atom. The molecule has 1 aromatic heterocycles. The van der Waals surface area contributed by atoms with Crippen LogP contribution < -0.4 is 4.74 Å². The van der Waals surface area contributed by atoms with E-state index in [1.807, 2.05) is 54.6 Å². The molecule has 0 radical (unpaired) electrons. The normalized spacial score (nSPS) is 10.6. The summed E-state index contributed by atoms with van der Waals surface area (Å²) in [4.78, 5) is 11.4. The van der Waals surface area contributed by atoms with Crippen molar-refractivity contribution < 1.29 is 9.53 Å². The van der Waals surface area contributed by atoms with Crippen molar-refractivity contribution in [2.24, 2.45) is 0 Å². The predicted molar refractivity (Wildman–Crippen MR) is 99.9 cm³/mol. The maximum absolute atomic E-state index is 11.4. The van der Waals surface area contributed by atoms with Crippen LogP contribution in [0.1, 0.15) is 37.0 Å². The fourth-order valence-electron chi connectivity index (χ4n) is 2.56. The van der Waals surface area contributed by atoms with Gasteiger partial charge in [0.2, 0.25) is 0 Å². The number of hydrogen-bond acceptors (Lipinski definition) is 3. The summed E-state index contributed by atoms with van der Waals surface area (Å²) in [6.45, 7) is 4.47. The maximum atomic E-state index is 11.4. The number of aromatic nitrogens is 2. The summed E-state index contributed by atoms with van der Waals surface area (Å²) in [6.07, 6.45) is 2.19. The first-order chi connectivity index (χ1) is 12.2. The molecule has 0 aliphatic rings. The van der Waals surface area contributed by atoms with Crippen LogP contribution >= 0.6 is 0 Å². The molecule has 0 aliphatic carbocycles. The van der Waals surface area contributed by atoms with E-state index in [9.17, 15) is 4.79 Å². The van der Waals surface area contributed by atoms with Crippen molar-refractivity contribution in [1.82, 2.24) is 10.2 Å². The molecule has 1 heterocycles. The lowest BCUT2D eigenvalue weighted by molar-refractivity contribution is 0.101. The van der Waals surface area contributed by atoms with Crippen LogP contribution in [0.5, 0.6) is 5.75 Å². The zero-order chi connectivity index (χ0) is 17.6. The number of hydrogen-bond donors (Lipinski definition) is 1. The minimum absolute atomic E-state index is 0.0653. The van der Waals surface area contributed by atoms with Crippen LogP contribution in [0.2, 0.25) is 0 Å². The first-order valence-corrected chi connectivity index (χ1v) is 8.57. The third-order valence-electron chi connectivity index (χ3n) is 4.10. The monoisotopic (exact) mass is 334 g/mol. The topological polar surface area (TPSA) is 55.0 Å². The van der Waals surface area contributed by atoms with Gasteiger partial charge in [-0.15, -0.1) is 0 Å². The second kappa shape index (κ2) is 7.79. The van der Waals surface area contributed by atoms with Crippen LogP contribution in [0.4, 0.5) is 0 Å². The van der Waals surface area contributed by atoms with Crippen LogP contribution in [-0.4, -0.2) is 22.6 Å². The van der Waals surface area contributed by atoms with Gasteiger partial charge in [-0.1, -0.05) is 37.6 Å². The number of carbonyl (C=O) groups excluding carboxylic acids is 1. The lowest BCUT2D eigenvalue weighted by atomic mass is 10.1. The Balaban J connectivity index is 1.73. The molecule has 0 fully saturated rings. The van der Waals surface area contributed by atoms with E-state index >= 15 is 0 Å². The number of nitrogens with zero attached hydrogens (tertiary/aromatic N) is 1. The molecule has 2 aromatic carbocycles. The van der Waals surface area contributed by atoms with Gasteiger partial charge in [-0.25, -0.2) is 0 Å². The standard InChI is InChI=1S/C21H22N2O2/c1-3-4-13-25-19-11-9-18(10-12-19)21-14-20(22-23-21)17-7-5-16(6-8-17)15(2)24/h5-12,14H,3-4,13H2,1-2H3,(H,22,23). The van der Waals surface area contributed by atoms with Gasteiger partial charge in [0.15, 0.2) is 5.78 Å². The van der Waals surface area contributed by atoms with Gasteiger partial charge in [0.1, 0.15) is 5.75 Å². The van der Waals surface area contributed by atoms with Crippen molar-refractivity contribution in [3.05, 3.63) is 60.2 Å². The molecule has 0 amide bonds. The van der Waals surface area contributed by atoms with Gasteiger partial charge in [0.25, 0.3) is 0 Å². The molecule has 4 nitrogen and oxygen atoms in total. The molecule has 25 heavy (non-hydrogen) atoms. The first kappa shape index (κ1) is 17.0. The van der Waals surface area contributed by atoms with Crippen LogP contribution in [0.15, 0.2) is 54.6 Å². The number of Topliss-reactive ketones (excluding diaryl/α,β-unsaturated/α-hetero) is 1. The van der Waals surface area contributed by atoms with E-state index < -0.39 is 0 Å². The van der Waals surface area contributed by atoms with Crippen LogP contribution in [0.25, 0.3) is 22.5 Å². The summed E-state index contributed by atoms with van der Waals surface area (Å²) in [5.41, 5.74) is 4.55. The molecule has 128 valence electrons. The number of aromatic amines is 1. The molecule has 3 rings (SSSR count). The van der Waals surface area contributed by atoms with Gasteiger partial charge in [0, 0.05) is 11.1 Å². The molecular weight excluding hydrogens is 312 g/mol. The van der Waals surface area contributed by atoms with Crippen molar-refractivity contribution >= 4 is 5.78 Å². The highest BCUT2D eigenvalue weighted by molar-refractivity contribution is 5.94. The minimum Gasteiger partial charge on any atom is -0.494 e. The van der Waals surface area contributed by atoms with Gasteiger partial charge < -0.3 is 4.74 Å². The summed E-state index contributed by atoms with van der Waals surface area (Å²) in [5.74, 6) is 0.951. The van der Waals surface area contributed by atoms with Crippen molar-refractivity contribution in [2.45, 2.75) is 26.7 Å². The number of ketones is 1. The summed E-state index contributed by atoms with van der Waals surface area (Å²) >= 11 is 0. The summed E-state index contributed by atoms with van der Waals surface area (Å²) < 4.78 is 5.69. The van der Waals surface area contributed by atoms with Gasteiger partial charge in [0.05, 0.1) is 18.0 Å². The van der Waals surface area contributed by atoms with Crippen molar-refractivity contribution in [3.63, 3.8) is 0 Å². The van der Waals surface area contributed by atoms with Crippen molar-refractivity contribution in [3.8, 4) is 28.3 Å². The SMILES string of the molecule is CCCCOc1ccc(-c2cc(-c3ccc(C(C)=O)cc3)n[nH]2)cc1. The Labute approximate surface area is 147 Å². The predicted octanol–water partition coefficient (Wildman–Crippen LogP) is 5.13. The number of carbonyl (C=O) groups is 1. The molecular formula is C21H22N2O2. The number of unbranched alkanes of at least 4 members (excludes halogenated alkanes) is 1. The number of H-pyrrole nitrogens is 1. The van der Waals surface area contributed by atoms with Crippen molar-refractivity contribution in [1.29, 1.82) is 0 Å². The third kappa shape index (κ3) is 4.15. The van der Waals surface area contributed by atoms with E-state index in [0.29, 0.717) is 5.56 Å². The van der Waals surface area contributed by atoms with Gasteiger partial charge >= 0.3 is 0 Å². The molecule has 0 saturated heterocycles. The van der Waals surface area contributed by atoms with E-state index in [2.05, 4.69) is 17.1 Å². The summed E-state index contributed by atoms with van der Waals surface area (Å²) in [6, 6.07) is 17.5. The van der Waals surface area contributed by atoms with E-state index in [1.165, 1.54) is 0 Å². The molecule has 1 N–H and O–H groups in total. The molecule has 0 unspecified atom stereocenters. The number of nitrogens with one attached hydrogen (secondary N) is 1. The Morgan fingerprint density at radius 3 is 2.36 bits per heavy atom. The van der Waals surface area contributed by atoms with Crippen molar-refractivity contribution in [2.75, 3.05) is 6.61 Å². The smallest absolute Gasteiger partial charge is 0.159 e. The summed E-state index contributed by atoms with van der Waals surface area (Å²) in [5, 5.41) is 7.45. The lowest BCUT2D eigenvalue weighted by Crippen LogP contribution is -1.95. The van der Waals surface area contributed by atoms with E-state index in [1.54, 1.807) is 6.92 Å². The van der Waals surface area contributed by atoms with E-state index in [0.717, 1.165) is 47.7 Å². The molecule has 3 aromatic rings. The molecule has 0 bridgehead atoms. The average molecular weight is 334 g/mol. The highest BCUT2D eigenvalue weighted by atomic mass is 16.5. The number of ether oxygens (including phenoxy) is 1. The van der Waals surface area contributed by atoms with E-state index in [-0.39, 0.29) is 5.78 Å². The Kier molecular flexibility index (Phi) is 5.29. The fraction of sp³-hybridized carbons (Fsp3) is 0.238. The average Bonchev–Trinajstić information content (AvgIpc) is 3.13. The minimum atomic E-state index is 0.0653. The van der Waals surface area contributed by atoms with Gasteiger partial charge in [-0.2, -0.15) is 5.10 Å². The van der Waals surface area contributed by atoms with Crippen LogP contribution in [0.3, 0.4) is 0 Å². The van der Waals surface area contributed by atoms with Crippen LogP contribution in [-0.2, 0) is 0 Å². The maximum Gasteiger partial charge on any atom is 0.159 e. The zero-order valence-electron chi connectivity index (χ0n) is 14.6. The Hall–Kier alpha value is -2.88. The highest BCUT2D eigenvalue weighted by Crippen LogP contribution is 2.25. The Morgan fingerprint density at radius 2 is 1.72 bits per heavy atom. The van der Waals surface area contributed by atoms with Gasteiger partial charge in [-0.05, 0) is 49.2 Å². The van der Waals surface area contributed by atoms with E-state index in [4.69, 9.17) is 4.74 Å². The molecule has 0 saturated carbocycles. The fourth-order valence-corrected chi connectivity index (χ4v) is 2.56. The second-order valence-corrected chi connectivity index (χ2v) is 6.03.